The molecule has 0 fully saturated rings. The zero-order valence-electron chi connectivity index (χ0n) is 11.5. The van der Waals surface area contributed by atoms with Gasteiger partial charge in [-0.05, 0) is 38.1 Å². The van der Waals surface area contributed by atoms with E-state index in [1.165, 1.54) is 12.1 Å². The largest absolute Gasteiger partial charge is 0.489 e. The van der Waals surface area contributed by atoms with E-state index in [4.69, 9.17) is 10.5 Å². The number of nitrogens with two attached hydrogens (primary N) is 1. The Hall–Kier alpha value is -1.62. The van der Waals surface area contributed by atoms with Gasteiger partial charge in [0.25, 0.3) is 0 Å². The second-order valence-corrected chi connectivity index (χ2v) is 4.78. The van der Waals surface area contributed by atoms with Crippen LogP contribution in [0.25, 0.3) is 0 Å². The zero-order valence-corrected chi connectivity index (χ0v) is 11.5. The van der Waals surface area contributed by atoms with E-state index in [-0.39, 0.29) is 29.8 Å². The van der Waals surface area contributed by atoms with Crippen molar-refractivity contribution >= 4 is 5.91 Å². The van der Waals surface area contributed by atoms with Gasteiger partial charge in [-0.25, -0.2) is 4.39 Å². The van der Waals surface area contributed by atoms with Crippen LogP contribution in [-0.2, 0) is 4.79 Å². The number of hydrogen-bond acceptors (Lipinski definition) is 3. The maximum absolute atomic E-state index is 12.7. The molecule has 3 unspecified atom stereocenters. The first-order valence-corrected chi connectivity index (χ1v) is 6.35. The van der Waals surface area contributed by atoms with Crippen molar-refractivity contribution in [1.29, 1.82) is 0 Å². The molecule has 3 atom stereocenters. The summed E-state index contributed by atoms with van der Waals surface area (Å²) in [5.74, 6) is -0.0648. The van der Waals surface area contributed by atoms with Crippen LogP contribution in [0.15, 0.2) is 24.3 Å². The lowest BCUT2D eigenvalue weighted by atomic mass is 10.0. The van der Waals surface area contributed by atoms with E-state index in [0.29, 0.717) is 12.3 Å². The molecule has 4 nitrogen and oxygen atoms in total. The van der Waals surface area contributed by atoms with Crippen LogP contribution in [0.1, 0.15) is 20.8 Å². The van der Waals surface area contributed by atoms with Gasteiger partial charge in [0, 0.05) is 12.0 Å². The van der Waals surface area contributed by atoms with Gasteiger partial charge in [-0.3, -0.25) is 4.79 Å². The third-order valence-corrected chi connectivity index (χ3v) is 2.92. The Morgan fingerprint density at radius 1 is 1.32 bits per heavy atom. The fraction of sp³-hybridized carbons (Fsp3) is 0.500. The normalized spacial score (nSPS) is 15.4. The first kappa shape index (κ1) is 15.4. The summed E-state index contributed by atoms with van der Waals surface area (Å²) in [5.41, 5.74) is 5.65. The van der Waals surface area contributed by atoms with E-state index in [0.717, 1.165) is 0 Å². The molecule has 3 N–H and O–H groups in total. The summed E-state index contributed by atoms with van der Waals surface area (Å²) in [5, 5.41) is 2.78. The highest BCUT2D eigenvalue weighted by Gasteiger charge is 2.17. The Kier molecular flexibility index (Phi) is 5.76. The van der Waals surface area contributed by atoms with Crippen molar-refractivity contribution in [3.63, 3.8) is 0 Å². The van der Waals surface area contributed by atoms with E-state index in [1.807, 2.05) is 6.92 Å². The van der Waals surface area contributed by atoms with Gasteiger partial charge in [0.15, 0.2) is 0 Å². The third-order valence-electron chi connectivity index (χ3n) is 2.92. The monoisotopic (exact) mass is 268 g/mol. The minimum absolute atomic E-state index is 0.0930. The maximum atomic E-state index is 12.7. The lowest BCUT2D eigenvalue weighted by molar-refractivity contribution is -0.125. The highest BCUT2D eigenvalue weighted by atomic mass is 19.1. The van der Waals surface area contributed by atoms with Gasteiger partial charge in [0.2, 0.25) is 5.91 Å². The average Bonchev–Trinajstić information content (AvgIpc) is 2.37. The Morgan fingerprint density at radius 2 is 1.89 bits per heavy atom. The van der Waals surface area contributed by atoms with Crippen molar-refractivity contribution < 1.29 is 13.9 Å². The lowest BCUT2D eigenvalue weighted by Gasteiger charge is -2.19. The third kappa shape index (κ3) is 5.26. The molecule has 0 heterocycles. The average molecular weight is 268 g/mol. The van der Waals surface area contributed by atoms with Gasteiger partial charge in [0.1, 0.15) is 17.7 Å². The SMILES string of the molecule is CC(CNC(=O)C(C)C(C)N)Oc1ccc(F)cc1. The van der Waals surface area contributed by atoms with Crippen LogP contribution in [0.5, 0.6) is 5.75 Å². The summed E-state index contributed by atoms with van der Waals surface area (Å²) >= 11 is 0. The number of carbonyl (C=O) groups excluding carboxylic acids is 1. The van der Waals surface area contributed by atoms with E-state index >= 15 is 0 Å². The number of hydrogen-bond donors (Lipinski definition) is 2. The second kappa shape index (κ2) is 7.09. The van der Waals surface area contributed by atoms with Gasteiger partial charge in [-0.1, -0.05) is 6.92 Å². The summed E-state index contributed by atoms with van der Waals surface area (Å²) in [6.07, 6.45) is -0.199. The molecule has 0 aromatic heterocycles. The number of amides is 1. The standard InChI is InChI=1S/C14H21FN2O2/c1-9(8-17-14(18)10(2)11(3)16)19-13-6-4-12(15)5-7-13/h4-7,9-11H,8,16H2,1-3H3,(H,17,18). The first-order chi connectivity index (χ1) is 8.90. The van der Waals surface area contributed by atoms with Gasteiger partial charge in [-0.2, -0.15) is 0 Å². The minimum atomic E-state index is -0.306. The molecule has 0 spiro atoms. The number of carbonyl (C=O) groups is 1. The molecule has 19 heavy (non-hydrogen) atoms. The Balaban J connectivity index is 2.37. The summed E-state index contributed by atoms with van der Waals surface area (Å²) in [7, 11) is 0. The second-order valence-electron chi connectivity index (χ2n) is 4.78. The molecular formula is C14H21FN2O2. The molecule has 5 heteroatoms. The van der Waals surface area contributed by atoms with E-state index in [2.05, 4.69) is 5.32 Å². The van der Waals surface area contributed by atoms with Crippen LogP contribution in [0, 0.1) is 11.7 Å². The van der Waals surface area contributed by atoms with Gasteiger partial charge in [0.05, 0.1) is 6.54 Å². The number of rotatable bonds is 6. The van der Waals surface area contributed by atoms with Crippen molar-refractivity contribution in [1.82, 2.24) is 5.32 Å². The number of ether oxygens (including phenoxy) is 1. The number of halogens is 1. The number of benzene rings is 1. The predicted molar refractivity (Wildman–Crippen MR) is 72.3 cm³/mol. The first-order valence-electron chi connectivity index (χ1n) is 6.35. The summed E-state index contributed by atoms with van der Waals surface area (Å²) in [4.78, 5) is 11.7. The summed E-state index contributed by atoms with van der Waals surface area (Å²) in [6.45, 7) is 5.79. The predicted octanol–water partition coefficient (Wildman–Crippen LogP) is 1.69. The summed E-state index contributed by atoms with van der Waals surface area (Å²) < 4.78 is 18.3. The van der Waals surface area contributed by atoms with Gasteiger partial charge in [-0.15, -0.1) is 0 Å². The van der Waals surface area contributed by atoms with Crippen LogP contribution in [0.4, 0.5) is 4.39 Å². The molecule has 0 aliphatic heterocycles. The summed E-state index contributed by atoms with van der Waals surface area (Å²) in [6, 6.07) is 5.59. The highest BCUT2D eigenvalue weighted by Crippen LogP contribution is 2.12. The molecule has 106 valence electrons. The van der Waals surface area contributed by atoms with Crippen LogP contribution in [0.2, 0.25) is 0 Å². The zero-order chi connectivity index (χ0) is 14.4. The van der Waals surface area contributed by atoms with E-state index in [9.17, 15) is 9.18 Å². The van der Waals surface area contributed by atoms with Crippen molar-refractivity contribution in [2.24, 2.45) is 11.7 Å². The molecule has 0 radical (unpaired) electrons. The number of nitrogens with one attached hydrogen (secondary N) is 1. The van der Waals surface area contributed by atoms with Crippen molar-refractivity contribution in [3.8, 4) is 5.75 Å². The highest BCUT2D eigenvalue weighted by molar-refractivity contribution is 5.78. The van der Waals surface area contributed by atoms with Crippen molar-refractivity contribution in [2.75, 3.05) is 6.54 Å². The molecule has 0 bridgehead atoms. The van der Waals surface area contributed by atoms with Crippen LogP contribution < -0.4 is 15.8 Å². The van der Waals surface area contributed by atoms with Crippen LogP contribution >= 0.6 is 0 Å². The fourth-order valence-corrected chi connectivity index (χ4v) is 1.43. The molecule has 0 saturated heterocycles. The minimum Gasteiger partial charge on any atom is -0.489 e. The smallest absolute Gasteiger partial charge is 0.224 e. The van der Waals surface area contributed by atoms with Crippen molar-refractivity contribution in [3.05, 3.63) is 30.1 Å². The van der Waals surface area contributed by atoms with E-state index in [1.54, 1.807) is 26.0 Å². The Labute approximate surface area is 113 Å². The molecule has 0 aliphatic carbocycles. The van der Waals surface area contributed by atoms with Crippen molar-refractivity contribution in [2.45, 2.75) is 32.9 Å². The topological polar surface area (TPSA) is 64.4 Å². The van der Waals surface area contributed by atoms with Gasteiger partial charge >= 0.3 is 0 Å². The Morgan fingerprint density at radius 3 is 2.42 bits per heavy atom. The molecule has 0 saturated carbocycles. The quantitative estimate of drug-likeness (QED) is 0.825. The lowest BCUT2D eigenvalue weighted by Crippen LogP contribution is -2.42. The molecular weight excluding hydrogens is 247 g/mol. The Bertz CT molecular complexity index is 406. The fourth-order valence-electron chi connectivity index (χ4n) is 1.43. The van der Waals surface area contributed by atoms with Gasteiger partial charge < -0.3 is 15.8 Å². The molecule has 1 aromatic carbocycles. The van der Waals surface area contributed by atoms with Crippen LogP contribution in [-0.4, -0.2) is 24.6 Å². The maximum Gasteiger partial charge on any atom is 0.224 e. The molecule has 1 rings (SSSR count). The molecule has 0 aliphatic rings. The van der Waals surface area contributed by atoms with E-state index < -0.39 is 0 Å². The van der Waals surface area contributed by atoms with Crippen LogP contribution in [0.3, 0.4) is 0 Å². The molecule has 1 aromatic rings. The molecule has 1 amide bonds.